The summed E-state index contributed by atoms with van der Waals surface area (Å²) in [4.78, 5) is 26.4. The molecule has 0 spiro atoms. The van der Waals surface area contributed by atoms with Crippen LogP contribution in [0, 0.1) is 0 Å². The van der Waals surface area contributed by atoms with Crippen molar-refractivity contribution in [1.82, 2.24) is 10.2 Å². The van der Waals surface area contributed by atoms with Crippen LogP contribution in [-0.2, 0) is 4.79 Å². The number of nitrogens with zero attached hydrogens (tertiary/aromatic N) is 1. The van der Waals surface area contributed by atoms with E-state index >= 15 is 0 Å². The predicted molar refractivity (Wildman–Crippen MR) is 90.3 cm³/mol. The lowest BCUT2D eigenvalue weighted by Crippen LogP contribution is -2.45. The number of nitrogens with one attached hydrogen (secondary N) is 1. The normalized spacial score (nSPS) is 19.9. The Morgan fingerprint density at radius 2 is 1.92 bits per heavy atom. The highest BCUT2D eigenvalue weighted by Gasteiger charge is 2.38. The van der Waals surface area contributed by atoms with Gasteiger partial charge in [0.1, 0.15) is 6.04 Å². The van der Waals surface area contributed by atoms with Crippen molar-refractivity contribution in [2.24, 2.45) is 5.73 Å². The lowest BCUT2D eigenvalue weighted by atomic mass is 10.1. The van der Waals surface area contributed by atoms with Gasteiger partial charge in [0.2, 0.25) is 5.91 Å². The highest BCUT2D eigenvalue weighted by atomic mass is 16.5. The van der Waals surface area contributed by atoms with Gasteiger partial charge >= 0.3 is 0 Å². The molecule has 2 atom stereocenters. The van der Waals surface area contributed by atoms with Crippen LogP contribution in [0.2, 0.25) is 0 Å². The first-order valence-corrected chi connectivity index (χ1v) is 8.19. The van der Waals surface area contributed by atoms with Crippen LogP contribution in [0.1, 0.15) is 30.6 Å². The molecule has 0 aliphatic carbocycles. The third-order valence-corrected chi connectivity index (χ3v) is 3.93. The molecule has 132 valence electrons. The largest absolute Gasteiger partial charge is 0.490 e. The molecular formula is C17H25N3O4. The topological polar surface area (TPSA) is 93.9 Å². The Morgan fingerprint density at radius 3 is 2.54 bits per heavy atom. The Balaban J connectivity index is 2.27. The minimum atomic E-state index is -0.542. The SMILES string of the molecule is CCOc1ccc(C(=O)N2C[C@@H](N)C[C@H]2C(=O)NC)cc1OCC. The quantitative estimate of drug-likeness (QED) is 0.801. The summed E-state index contributed by atoms with van der Waals surface area (Å²) in [7, 11) is 1.55. The van der Waals surface area contributed by atoms with E-state index in [4.69, 9.17) is 15.2 Å². The molecule has 1 aromatic carbocycles. The first kappa shape index (κ1) is 18.1. The van der Waals surface area contributed by atoms with E-state index in [1.807, 2.05) is 13.8 Å². The number of amides is 2. The molecule has 24 heavy (non-hydrogen) atoms. The second kappa shape index (κ2) is 8.01. The summed E-state index contributed by atoms with van der Waals surface area (Å²) in [6, 6.07) is 4.30. The average Bonchev–Trinajstić information content (AvgIpc) is 2.97. The van der Waals surface area contributed by atoms with E-state index in [1.54, 1.807) is 25.2 Å². The van der Waals surface area contributed by atoms with Gasteiger partial charge in [0.25, 0.3) is 5.91 Å². The number of carbonyl (C=O) groups is 2. The van der Waals surface area contributed by atoms with Gasteiger partial charge in [-0.05, 0) is 38.5 Å². The van der Waals surface area contributed by atoms with Crippen molar-refractivity contribution >= 4 is 11.8 Å². The molecule has 1 heterocycles. The van der Waals surface area contributed by atoms with Crippen LogP contribution >= 0.6 is 0 Å². The molecule has 0 radical (unpaired) electrons. The van der Waals surface area contributed by atoms with Crippen molar-refractivity contribution in [1.29, 1.82) is 0 Å². The minimum absolute atomic E-state index is 0.202. The summed E-state index contributed by atoms with van der Waals surface area (Å²) in [5.74, 6) is 0.676. The molecule has 3 N–H and O–H groups in total. The average molecular weight is 335 g/mol. The fourth-order valence-corrected chi connectivity index (χ4v) is 2.86. The molecule has 0 bridgehead atoms. The van der Waals surface area contributed by atoms with Crippen LogP contribution in [0.25, 0.3) is 0 Å². The molecule has 1 aliphatic heterocycles. The van der Waals surface area contributed by atoms with Crippen molar-refractivity contribution in [3.63, 3.8) is 0 Å². The monoisotopic (exact) mass is 335 g/mol. The van der Waals surface area contributed by atoms with Crippen LogP contribution in [0.4, 0.5) is 0 Å². The highest BCUT2D eigenvalue weighted by Crippen LogP contribution is 2.30. The molecule has 1 fully saturated rings. The number of nitrogens with two attached hydrogens (primary N) is 1. The van der Waals surface area contributed by atoms with E-state index in [0.29, 0.717) is 43.2 Å². The maximum atomic E-state index is 12.8. The second-order valence-electron chi connectivity index (χ2n) is 5.61. The fourth-order valence-electron chi connectivity index (χ4n) is 2.86. The second-order valence-corrected chi connectivity index (χ2v) is 5.61. The zero-order valence-electron chi connectivity index (χ0n) is 14.4. The molecule has 2 rings (SSSR count). The van der Waals surface area contributed by atoms with Crippen molar-refractivity contribution in [3.05, 3.63) is 23.8 Å². The summed E-state index contributed by atoms with van der Waals surface area (Å²) in [5.41, 5.74) is 6.40. The van der Waals surface area contributed by atoms with E-state index < -0.39 is 6.04 Å². The maximum absolute atomic E-state index is 12.8. The van der Waals surface area contributed by atoms with E-state index in [1.165, 1.54) is 4.90 Å². The molecule has 0 aromatic heterocycles. The fraction of sp³-hybridized carbons (Fsp3) is 0.529. The van der Waals surface area contributed by atoms with Crippen molar-refractivity contribution in [3.8, 4) is 11.5 Å². The zero-order valence-corrected chi connectivity index (χ0v) is 14.4. The molecule has 7 nitrogen and oxygen atoms in total. The number of likely N-dealkylation sites (N-methyl/N-ethyl adjacent to an activating group) is 1. The zero-order chi connectivity index (χ0) is 17.7. The van der Waals surface area contributed by atoms with Gasteiger partial charge in [-0.1, -0.05) is 0 Å². The van der Waals surface area contributed by atoms with Gasteiger partial charge in [-0.3, -0.25) is 9.59 Å². The summed E-state index contributed by atoms with van der Waals surface area (Å²) >= 11 is 0. The van der Waals surface area contributed by atoms with Crippen LogP contribution in [0.5, 0.6) is 11.5 Å². The van der Waals surface area contributed by atoms with Crippen LogP contribution < -0.4 is 20.5 Å². The minimum Gasteiger partial charge on any atom is -0.490 e. The predicted octanol–water partition coefficient (Wildman–Crippen LogP) is 0.772. The first-order valence-electron chi connectivity index (χ1n) is 8.19. The van der Waals surface area contributed by atoms with Crippen molar-refractivity contribution < 1.29 is 19.1 Å². The summed E-state index contributed by atoms with van der Waals surface area (Å²) in [5, 5.41) is 2.59. The molecule has 1 aliphatic rings. The Hall–Kier alpha value is -2.28. The van der Waals surface area contributed by atoms with Gasteiger partial charge in [0.15, 0.2) is 11.5 Å². The third-order valence-electron chi connectivity index (χ3n) is 3.93. The number of ether oxygens (including phenoxy) is 2. The highest BCUT2D eigenvalue weighted by molar-refractivity contribution is 5.98. The van der Waals surface area contributed by atoms with Crippen molar-refractivity contribution in [2.45, 2.75) is 32.4 Å². The van der Waals surface area contributed by atoms with Gasteiger partial charge in [0.05, 0.1) is 13.2 Å². The van der Waals surface area contributed by atoms with Gasteiger partial charge in [0, 0.05) is 25.2 Å². The molecule has 7 heteroatoms. The smallest absolute Gasteiger partial charge is 0.254 e. The number of carbonyl (C=O) groups excluding carboxylic acids is 2. The number of hydrogen-bond acceptors (Lipinski definition) is 5. The van der Waals surface area contributed by atoms with Crippen LogP contribution in [0.3, 0.4) is 0 Å². The summed E-state index contributed by atoms with van der Waals surface area (Å²) in [6.45, 7) is 5.08. The molecule has 2 amide bonds. The maximum Gasteiger partial charge on any atom is 0.254 e. The lowest BCUT2D eigenvalue weighted by Gasteiger charge is -2.23. The number of benzene rings is 1. The Kier molecular flexibility index (Phi) is 6.03. The van der Waals surface area contributed by atoms with Gasteiger partial charge < -0.3 is 25.4 Å². The van der Waals surface area contributed by atoms with Gasteiger partial charge in [-0.2, -0.15) is 0 Å². The van der Waals surface area contributed by atoms with Crippen LogP contribution in [-0.4, -0.2) is 55.6 Å². The Bertz CT molecular complexity index is 605. The molecular weight excluding hydrogens is 310 g/mol. The summed E-state index contributed by atoms with van der Waals surface area (Å²) in [6.07, 6.45) is 0.459. The van der Waals surface area contributed by atoms with E-state index in [-0.39, 0.29) is 17.9 Å². The van der Waals surface area contributed by atoms with E-state index in [9.17, 15) is 9.59 Å². The van der Waals surface area contributed by atoms with Gasteiger partial charge in [-0.25, -0.2) is 0 Å². The molecule has 0 unspecified atom stereocenters. The lowest BCUT2D eigenvalue weighted by molar-refractivity contribution is -0.124. The first-order chi connectivity index (χ1) is 11.5. The van der Waals surface area contributed by atoms with Gasteiger partial charge in [-0.15, -0.1) is 0 Å². The van der Waals surface area contributed by atoms with E-state index in [0.717, 1.165) is 0 Å². The Labute approximate surface area is 142 Å². The van der Waals surface area contributed by atoms with E-state index in [2.05, 4.69) is 5.32 Å². The number of rotatable bonds is 6. The third kappa shape index (κ3) is 3.79. The number of hydrogen-bond donors (Lipinski definition) is 2. The molecule has 1 saturated heterocycles. The Morgan fingerprint density at radius 1 is 1.25 bits per heavy atom. The number of likely N-dealkylation sites (tertiary alicyclic amines) is 1. The molecule has 0 saturated carbocycles. The van der Waals surface area contributed by atoms with Crippen LogP contribution in [0.15, 0.2) is 18.2 Å². The molecule has 1 aromatic rings. The summed E-state index contributed by atoms with van der Waals surface area (Å²) < 4.78 is 11.1. The van der Waals surface area contributed by atoms with Crippen molar-refractivity contribution in [2.75, 3.05) is 26.8 Å². The standard InChI is InChI=1S/C17H25N3O4/c1-4-23-14-7-6-11(8-15(14)24-5-2)17(22)20-10-12(18)9-13(20)16(21)19-3/h6-8,12-13H,4-5,9-10,18H2,1-3H3,(H,19,21)/t12-,13-/m0/s1.